The molecule has 36 heavy (non-hydrogen) atoms. The van der Waals surface area contributed by atoms with E-state index in [1.165, 1.54) is 36.7 Å². The predicted molar refractivity (Wildman–Crippen MR) is 155 cm³/mol. The molecule has 0 bridgehead atoms. The predicted octanol–water partition coefficient (Wildman–Crippen LogP) is 7.16. The monoisotopic (exact) mass is 527 g/mol. The third kappa shape index (κ3) is 8.63. The number of rotatable bonds is 17. The Hall–Kier alpha value is -2.38. The van der Waals surface area contributed by atoms with E-state index >= 15 is 0 Å². The van der Waals surface area contributed by atoms with Gasteiger partial charge in [0.1, 0.15) is 0 Å². The molecule has 0 atom stereocenters. The third-order valence-electron chi connectivity index (χ3n) is 5.80. The second kappa shape index (κ2) is 15.7. The molecule has 7 heteroatoms. The highest BCUT2D eigenvalue weighted by Gasteiger charge is 2.13. The average molecular weight is 528 g/mol. The van der Waals surface area contributed by atoms with Crippen LogP contribution in [0.3, 0.4) is 0 Å². The van der Waals surface area contributed by atoms with Crippen molar-refractivity contribution in [2.24, 2.45) is 0 Å². The van der Waals surface area contributed by atoms with E-state index in [-0.39, 0.29) is 5.63 Å². The highest BCUT2D eigenvalue weighted by molar-refractivity contribution is 8.02. The molecule has 0 radical (unpaired) electrons. The standard InChI is InChI=1S/C29H37NO4S2/c1-4-7-8-9-22-10-12-25(23(5-2)20-22)26-21-24-11-13-27(30-28(24)34-29(26)31)33-15-17-36-19-18-35-16-14-32-6-3/h6,10-13,20-21H,3-5,7-9,14-19H2,1-2H3. The van der Waals surface area contributed by atoms with Crippen molar-refractivity contribution in [3.63, 3.8) is 0 Å². The van der Waals surface area contributed by atoms with E-state index in [1.807, 2.05) is 41.7 Å². The number of unbranched alkanes of at least 4 members (excludes halogenated alkanes) is 2. The van der Waals surface area contributed by atoms with Gasteiger partial charge in [0.25, 0.3) is 0 Å². The first-order valence-electron chi connectivity index (χ1n) is 12.7. The maximum Gasteiger partial charge on any atom is 0.345 e. The van der Waals surface area contributed by atoms with Crippen molar-refractivity contribution in [3.05, 3.63) is 70.8 Å². The van der Waals surface area contributed by atoms with E-state index in [0.29, 0.717) is 30.4 Å². The molecule has 0 saturated carbocycles. The lowest BCUT2D eigenvalue weighted by atomic mass is 9.95. The van der Waals surface area contributed by atoms with E-state index in [2.05, 4.69) is 43.6 Å². The van der Waals surface area contributed by atoms with Gasteiger partial charge >= 0.3 is 5.63 Å². The van der Waals surface area contributed by atoms with E-state index in [9.17, 15) is 4.79 Å². The van der Waals surface area contributed by atoms with E-state index in [0.717, 1.165) is 46.8 Å². The summed E-state index contributed by atoms with van der Waals surface area (Å²) in [5.41, 5.74) is 3.96. The van der Waals surface area contributed by atoms with Crippen molar-refractivity contribution in [2.45, 2.75) is 46.0 Å². The number of thioether (sulfide) groups is 2. The molecule has 3 aromatic rings. The summed E-state index contributed by atoms with van der Waals surface area (Å²) < 4.78 is 16.5. The van der Waals surface area contributed by atoms with Crippen molar-refractivity contribution in [2.75, 3.05) is 36.2 Å². The molecule has 2 aromatic heterocycles. The molecule has 1 aromatic carbocycles. The summed E-state index contributed by atoms with van der Waals surface area (Å²) in [6.07, 6.45) is 7.05. The van der Waals surface area contributed by atoms with Crippen molar-refractivity contribution in [1.82, 2.24) is 4.98 Å². The second-order valence-electron chi connectivity index (χ2n) is 8.40. The van der Waals surface area contributed by atoms with Crippen LogP contribution in [0.5, 0.6) is 5.88 Å². The van der Waals surface area contributed by atoms with Crippen LogP contribution in [0, 0.1) is 0 Å². The zero-order chi connectivity index (χ0) is 25.6. The molecule has 0 aliphatic carbocycles. The highest BCUT2D eigenvalue weighted by Crippen LogP contribution is 2.27. The normalized spacial score (nSPS) is 11.1. The van der Waals surface area contributed by atoms with Gasteiger partial charge in [-0.2, -0.15) is 28.5 Å². The number of ether oxygens (including phenoxy) is 2. The zero-order valence-corrected chi connectivity index (χ0v) is 23.1. The minimum absolute atomic E-state index is 0.307. The van der Waals surface area contributed by atoms with E-state index in [1.54, 1.807) is 0 Å². The fourth-order valence-electron chi connectivity index (χ4n) is 3.91. The fraction of sp³-hybridized carbons (Fsp3) is 0.448. The van der Waals surface area contributed by atoms with Crippen LogP contribution in [0.2, 0.25) is 0 Å². The molecule has 0 amide bonds. The summed E-state index contributed by atoms with van der Waals surface area (Å²) in [6, 6.07) is 12.1. The molecule has 0 N–H and O–H groups in total. The Morgan fingerprint density at radius 1 is 0.972 bits per heavy atom. The summed E-state index contributed by atoms with van der Waals surface area (Å²) in [6.45, 7) is 9.14. The maximum absolute atomic E-state index is 12.9. The van der Waals surface area contributed by atoms with Crippen LogP contribution >= 0.6 is 23.5 Å². The molecule has 0 unspecified atom stereocenters. The molecule has 0 spiro atoms. The van der Waals surface area contributed by atoms with Crippen molar-refractivity contribution in [3.8, 4) is 17.0 Å². The van der Waals surface area contributed by atoms with Gasteiger partial charge in [-0.1, -0.05) is 51.5 Å². The maximum atomic E-state index is 12.9. The van der Waals surface area contributed by atoms with Crippen LogP contribution in [0.25, 0.3) is 22.2 Å². The number of nitrogens with zero attached hydrogens (tertiary/aromatic N) is 1. The van der Waals surface area contributed by atoms with Crippen LogP contribution in [-0.2, 0) is 17.6 Å². The summed E-state index contributed by atoms with van der Waals surface area (Å²) in [5.74, 6) is 4.46. The number of hydrogen-bond donors (Lipinski definition) is 0. The van der Waals surface area contributed by atoms with Crippen LogP contribution in [-0.4, -0.2) is 41.2 Å². The first-order chi connectivity index (χ1) is 17.7. The van der Waals surface area contributed by atoms with Gasteiger partial charge in [-0.15, -0.1) is 0 Å². The molecular weight excluding hydrogens is 490 g/mol. The summed E-state index contributed by atoms with van der Waals surface area (Å²) >= 11 is 3.71. The van der Waals surface area contributed by atoms with Crippen molar-refractivity contribution in [1.29, 1.82) is 0 Å². The minimum atomic E-state index is -0.368. The average Bonchev–Trinajstić information content (AvgIpc) is 2.89. The summed E-state index contributed by atoms with van der Waals surface area (Å²) in [5, 5.41) is 0.790. The fourth-order valence-corrected chi connectivity index (χ4v) is 5.67. The minimum Gasteiger partial charge on any atom is -0.501 e. The molecule has 194 valence electrons. The Kier molecular flexibility index (Phi) is 12.3. The van der Waals surface area contributed by atoms with Gasteiger partial charge in [0, 0.05) is 34.5 Å². The second-order valence-corrected chi connectivity index (χ2v) is 10.9. The van der Waals surface area contributed by atoms with Crippen LogP contribution in [0.1, 0.15) is 44.2 Å². The number of hydrogen-bond acceptors (Lipinski definition) is 7. The molecule has 0 aliphatic rings. The topological polar surface area (TPSA) is 61.6 Å². The Balaban J connectivity index is 1.58. The summed E-state index contributed by atoms with van der Waals surface area (Å²) in [4.78, 5) is 17.3. The molecule has 3 rings (SSSR count). The van der Waals surface area contributed by atoms with Gasteiger partial charge in [0.2, 0.25) is 11.6 Å². The van der Waals surface area contributed by atoms with Crippen LogP contribution in [0.4, 0.5) is 0 Å². The largest absolute Gasteiger partial charge is 0.501 e. The van der Waals surface area contributed by atoms with Gasteiger partial charge in [-0.05, 0) is 48.1 Å². The Bertz CT molecular complexity index is 1160. The number of pyridine rings is 1. The molecule has 2 heterocycles. The SMILES string of the molecule is C=COCCSCCSCCOc1ccc2cc(-c3ccc(CCCCC)cc3CC)c(=O)oc2n1. The van der Waals surface area contributed by atoms with Crippen molar-refractivity contribution < 1.29 is 13.9 Å². The molecule has 0 saturated heterocycles. The Morgan fingerprint density at radius 2 is 1.78 bits per heavy atom. The number of fused-ring (bicyclic) bond motifs is 1. The van der Waals surface area contributed by atoms with Gasteiger partial charge in [-0.3, -0.25) is 0 Å². The summed E-state index contributed by atoms with van der Waals surface area (Å²) in [7, 11) is 0. The quantitative estimate of drug-likeness (QED) is 0.136. The highest BCUT2D eigenvalue weighted by atomic mass is 32.2. The lowest BCUT2D eigenvalue weighted by Gasteiger charge is -2.11. The molecule has 0 aliphatic heterocycles. The van der Waals surface area contributed by atoms with E-state index in [4.69, 9.17) is 13.9 Å². The van der Waals surface area contributed by atoms with Crippen LogP contribution in [0.15, 0.2) is 58.5 Å². The Morgan fingerprint density at radius 3 is 2.53 bits per heavy atom. The lowest BCUT2D eigenvalue weighted by Crippen LogP contribution is -2.07. The number of benzene rings is 1. The van der Waals surface area contributed by atoms with Crippen LogP contribution < -0.4 is 10.4 Å². The van der Waals surface area contributed by atoms with Gasteiger partial charge in [0.05, 0.1) is 25.0 Å². The van der Waals surface area contributed by atoms with E-state index < -0.39 is 0 Å². The Labute approximate surface area is 223 Å². The smallest absolute Gasteiger partial charge is 0.345 e. The lowest BCUT2D eigenvalue weighted by molar-refractivity contribution is 0.274. The number of aryl methyl sites for hydroxylation is 2. The third-order valence-corrected chi connectivity index (χ3v) is 7.95. The van der Waals surface area contributed by atoms with Crippen molar-refractivity contribution >= 4 is 34.6 Å². The molecule has 0 fully saturated rings. The molecular formula is C29H37NO4S2. The van der Waals surface area contributed by atoms with Gasteiger partial charge in [-0.25, -0.2) is 4.79 Å². The van der Waals surface area contributed by atoms with Gasteiger partial charge in [0.15, 0.2) is 0 Å². The van der Waals surface area contributed by atoms with Gasteiger partial charge < -0.3 is 13.9 Å². The zero-order valence-electron chi connectivity index (χ0n) is 21.4. The first kappa shape index (κ1) is 28.2. The molecule has 5 nitrogen and oxygen atoms in total. The number of aromatic nitrogens is 1. The first-order valence-corrected chi connectivity index (χ1v) is 15.0.